The fraction of sp³-hybridized carbons (Fsp3) is 0.471. The van der Waals surface area contributed by atoms with E-state index in [0.29, 0.717) is 41.9 Å². The summed E-state index contributed by atoms with van der Waals surface area (Å²) in [5.41, 5.74) is 0.511. The maximum Gasteiger partial charge on any atom is 0.257 e. The van der Waals surface area contributed by atoms with Gasteiger partial charge in [-0.3, -0.25) is 4.79 Å². The third kappa shape index (κ3) is 3.58. The monoisotopic (exact) mass is 347 g/mol. The fourth-order valence-corrected chi connectivity index (χ4v) is 2.92. The van der Waals surface area contributed by atoms with Crippen LogP contribution in [0.25, 0.3) is 0 Å². The molecule has 1 atom stereocenters. The van der Waals surface area contributed by atoms with Gasteiger partial charge in [0.1, 0.15) is 18.1 Å². The summed E-state index contributed by atoms with van der Waals surface area (Å²) in [7, 11) is 4.68. The molecule has 25 heavy (non-hydrogen) atoms. The lowest BCUT2D eigenvalue weighted by atomic mass is 10.1. The fourth-order valence-electron chi connectivity index (χ4n) is 2.92. The van der Waals surface area contributed by atoms with Gasteiger partial charge in [0.15, 0.2) is 5.82 Å². The summed E-state index contributed by atoms with van der Waals surface area (Å²) in [5, 5.41) is 3.99. The topological polar surface area (TPSA) is 86.9 Å². The van der Waals surface area contributed by atoms with Crippen LogP contribution in [0, 0.1) is 0 Å². The number of nitrogens with zero attached hydrogens (tertiary/aromatic N) is 3. The molecule has 0 aliphatic carbocycles. The summed E-state index contributed by atoms with van der Waals surface area (Å²) in [6, 6.07) is 5.18. The van der Waals surface area contributed by atoms with Crippen LogP contribution in [0.15, 0.2) is 22.7 Å². The van der Waals surface area contributed by atoms with Crippen molar-refractivity contribution >= 4 is 5.91 Å². The lowest BCUT2D eigenvalue weighted by Crippen LogP contribution is -2.29. The first-order valence-electron chi connectivity index (χ1n) is 7.99. The van der Waals surface area contributed by atoms with Crippen LogP contribution >= 0.6 is 0 Å². The third-order valence-corrected chi connectivity index (χ3v) is 4.23. The van der Waals surface area contributed by atoms with Gasteiger partial charge >= 0.3 is 0 Å². The van der Waals surface area contributed by atoms with Crippen molar-refractivity contribution in [1.29, 1.82) is 0 Å². The van der Waals surface area contributed by atoms with Gasteiger partial charge < -0.3 is 23.6 Å². The lowest BCUT2D eigenvalue weighted by molar-refractivity contribution is 0.0787. The second-order valence-corrected chi connectivity index (χ2v) is 5.78. The summed E-state index contributed by atoms with van der Waals surface area (Å²) in [6.45, 7) is 1.46. The smallest absolute Gasteiger partial charge is 0.257 e. The SMILES string of the molecule is COCc1nc(C2CCN(C(=O)c3ccc(OC)cc3OC)C2)no1. The second kappa shape index (κ2) is 7.52. The van der Waals surface area contributed by atoms with Crippen molar-refractivity contribution in [2.75, 3.05) is 34.4 Å². The number of hydrogen-bond donors (Lipinski definition) is 0. The van der Waals surface area contributed by atoms with Crippen molar-refractivity contribution in [1.82, 2.24) is 15.0 Å². The quantitative estimate of drug-likeness (QED) is 0.788. The Kier molecular flexibility index (Phi) is 5.18. The number of carbonyl (C=O) groups excluding carboxylic acids is 1. The first-order valence-corrected chi connectivity index (χ1v) is 7.99. The number of likely N-dealkylation sites (tertiary alicyclic amines) is 1. The van der Waals surface area contributed by atoms with Crippen molar-refractivity contribution in [3.63, 3.8) is 0 Å². The van der Waals surface area contributed by atoms with Crippen LogP contribution in [0.3, 0.4) is 0 Å². The Labute approximate surface area is 145 Å². The van der Waals surface area contributed by atoms with E-state index in [0.717, 1.165) is 6.42 Å². The van der Waals surface area contributed by atoms with Gasteiger partial charge in [0.25, 0.3) is 11.8 Å². The molecule has 0 N–H and O–H groups in total. The van der Waals surface area contributed by atoms with Crippen LogP contribution in [0.1, 0.15) is 34.4 Å². The minimum Gasteiger partial charge on any atom is -0.497 e. The number of methoxy groups -OCH3 is 3. The predicted octanol–water partition coefficient (Wildman–Crippen LogP) is 1.86. The molecule has 1 aliphatic rings. The number of rotatable bonds is 6. The van der Waals surface area contributed by atoms with Gasteiger partial charge in [0, 0.05) is 32.2 Å². The second-order valence-electron chi connectivity index (χ2n) is 5.78. The van der Waals surface area contributed by atoms with E-state index in [1.807, 2.05) is 0 Å². The zero-order valence-corrected chi connectivity index (χ0v) is 14.5. The molecule has 1 aliphatic heterocycles. The molecule has 0 saturated carbocycles. The lowest BCUT2D eigenvalue weighted by Gasteiger charge is -2.18. The van der Waals surface area contributed by atoms with Crippen LogP contribution in [0.4, 0.5) is 0 Å². The van der Waals surface area contributed by atoms with Gasteiger partial charge in [-0.1, -0.05) is 5.16 Å². The highest BCUT2D eigenvalue weighted by molar-refractivity contribution is 5.97. The molecule has 134 valence electrons. The summed E-state index contributed by atoms with van der Waals surface area (Å²) < 4.78 is 20.6. The van der Waals surface area contributed by atoms with E-state index in [4.69, 9.17) is 18.7 Å². The van der Waals surface area contributed by atoms with Gasteiger partial charge in [-0.15, -0.1) is 0 Å². The van der Waals surface area contributed by atoms with Crippen LogP contribution in [0.2, 0.25) is 0 Å². The van der Waals surface area contributed by atoms with Gasteiger partial charge in [-0.25, -0.2) is 0 Å². The van der Waals surface area contributed by atoms with Crippen molar-refractivity contribution < 1.29 is 23.5 Å². The van der Waals surface area contributed by atoms with Crippen LogP contribution in [-0.4, -0.2) is 55.4 Å². The molecule has 1 saturated heterocycles. The number of carbonyl (C=O) groups is 1. The average molecular weight is 347 g/mol. The Morgan fingerprint density at radius 2 is 2.16 bits per heavy atom. The summed E-state index contributed by atoms with van der Waals surface area (Å²) in [4.78, 5) is 18.9. The van der Waals surface area contributed by atoms with E-state index in [1.165, 1.54) is 7.11 Å². The molecule has 0 spiro atoms. The van der Waals surface area contributed by atoms with Crippen molar-refractivity contribution in [3.8, 4) is 11.5 Å². The standard InChI is InChI=1S/C17H21N3O5/c1-22-10-15-18-16(19-25-15)11-6-7-20(9-11)17(21)13-5-4-12(23-2)8-14(13)24-3/h4-5,8,11H,6-7,9-10H2,1-3H3. The number of hydrogen-bond acceptors (Lipinski definition) is 7. The number of ether oxygens (including phenoxy) is 3. The molecule has 1 unspecified atom stereocenters. The molecule has 8 heteroatoms. The van der Waals surface area contributed by atoms with E-state index >= 15 is 0 Å². The highest BCUT2D eigenvalue weighted by atomic mass is 16.5. The van der Waals surface area contributed by atoms with E-state index in [2.05, 4.69) is 10.1 Å². The maximum atomic E-state index is 12.8. The molecule has 2 heterocycles. The van der Waals surface area contributed by atoms with Crippen molar-refractivity contribution in [3.05, 3.63) is 35.5 Å². The molecule has 1 amide bonds. The Balaban J connectivity index is 1.72. The van der Waals surface area contributed by atoms with Gasteiger partial charge in [0.2, 0.25) is 0 Å². The molecule has 8 nitrogen and oxygen atoms in total. The normalized spacial score (nSPS) is 16.9. The highest BCUT2D eigenvalue weighted by Crippen LogP contribution is 2.30. The van der Waals surface area contributed by atoms with Crippen LogP contribution in [-0.2, 0) is 11.3 Å². The largest absolute Gasteiger partial charge is 0.497 e. The van der Waals surface area contributed by atoms with E-state index < -0.39 is 0 Å². The Morgan fingerprint density at radius 3 is 2.88 bits per heavy atom. The zero-order chi connectivity index (χ0) is 17.8. The van der Waals surface area contributed by atoms with Gasteiger partial charge in [-0.2, -0.15) is 4.98 Å². The number of benzene rings is 1. The summed E-state index contributed by atoms with van der Waals surface area (Å²) in [5.74, 6) is 2.17. The molecule has 1 aromatic carbocycles. The molecule has 0 radical (unpaired) electrons. The summed E-state index contributed by atoms with van der Waals surface area (Å²) >= 11 is 0. The average Bonchev–Trinajstić information content (AvgIpc) is 3.30. The highest BCUT2D eigenvalue weighted by Gasteiger charge is 2.32. The third-order valence-electron chi connectivity index (χ3n) is 4.23. The molecule has 1 fully saturated rings. The van der Waals surface area contributed by atoms with Crippen LogP contribution < -0.4 is 9.47 Å². The Morgan fingerprint density at radius 1 is 1.32 bits per heavy atom. The zero-order valence-electron chi connectivity index (χ0n) is 14.5. The first kappa shape index (κ1) is 17.2. The van der Waals surface area contributed by atoms with Crippen LogP contribution in [0.5, 0.6) is 11.5 Å². The first-order chi connectivity index (χ1) is 12.2. The Bertz CT molecular complexity index is 746. The molecular formula is C17H21N3O5. The molecule has 0 bridgehead atoms. The minimum atomic E-state index is -0.0809. The molecule has 2 aromatic rings. The number of aromatic nitrogens is 2. The molecular weight excluding hydrogens is 326 g/mol. The minimum absolute atomic E-state index is 0.0579. The molecule has 3 rings (SSSR count). The molecule has 1 aromatic heterocycles. The van der Waals surface area contributed by atoms with Crippen molar-refractivity contribution in [2.24, 2.45) is 0 Å². The van der Waals surface area contributed by atoms with Gasteiger partial charge in [0.05, 0.1) is 19.8 Å². The van der Waals surface area contributed by atoms with Crippen molar-refractivity contribution in [2.45, 2.75) is 18.9 Å². The van der Waals surface area contributed by atoms with E-state index in [1.54, 1.807) is 37.3 Å². The number of amides is 1. The summed E-state index contributed by atoms with van der Waals surface area (Å²) in [6.07, 6.45) is 0.788. The van der Waals surface area contributed by atoms with E-state index in [9.17, 15) is 4.79 Å². The maximum absolute atomic E-state index is 12.8. The predicted molar refractivity (Wildman–Crippen MR) is 87.8 cm³/mol. The van der Waals surface area contributed by atoms with Gasteiger partial charge in [-0.05, 0) is 18.6 Å². The Hall–Kier alpha value is -2.61. The van der Waals surface area contributed by atoms with E-state index in [-0.39, 0.29) is 18.4 Å².